The molecule has 0 bridgehead atoms. The van der Waals surface area contributed by atoms with Crippen molar-refractivity contribution in [3.05, 3.63) is 166 Å². The molecule has 1 spiro atoms. The molecule has 5 atom stereocenters. The van der Waals surface area contributed by atoms with Gasteiger partial charge in [-0.3, -0.25) is 38.4 Å². The molecule has 6 aromatic rings. The van der Waals surface area contributed by atoms with Crippen molar-refractivity contribution in [3.8, 4) is 40.6 Å². The van der Waals surface area contributed by atoms with Crippen LogP contribution in [-0.4, -0.2) is 159 Å². The molecule has 5 aliphatic heterocycles. The maximum absolute atomic E-state index is 14.5. The molecule has 1 saturated heterocycles. The number of nitrogens with one attached hydrogen (secondary N) is 6. The minimum absolute atomic E-state index is 0.0761. The molecule has 1 aliphatic carbocycles. The molecule has 2 fully saturated rings. The highest BCUT2D eigenvalue weighted by Gasteiger charge is 2.58. The zero-order valence-electron chi connectivity index (χ0n) is 59.5. The van der Waals surface area contributed by atoms with Crippen LogP contribution in [-0.2, 0) is 46.7 Å². The molecule has 26 nitrogen and oxygen atoms in total. The quantitative estimate of drug-likeness (QED) is 0.0189. The number of anilines is 4. The Morgan fingerprint density at radius 1 is 0.676 bits per heavy atom. The molecule has 548 valence electrons. The number of fused-ring (bicyclic) bond motifs is 6. The molecule has 105 heavy (non-hydrogen) atoms. The predicted octanol–water partition coefficient (Wildman–Crippen LogP) is 8.03. The molecule has 9 amide bonds. The number of carbonyl (C=O) groups is 9. The molecule has 1 saturated carbocycles. The van der Waals surface area contributed by atoms with Gasteiger partial charge in [0.05, 0.1) is 94.5 Å². The third-order valence-corrected chi connectivity index (χ3v) is 19.8. The summed E-state index contributed by atoms with van der Waals surface area (Å²) in [5.74, 6) is 4.09. The molecular formula is C79H86N10O16. The summed E-state index contributed by atoms with van der Waals surface area (Å²) in [6.45, 7) is 5.41. The van der Waals surface area contributed by atoms with Crippen LogP contribution in [0.3, 0.4) is 0 Å². The number of aliphatic hydroxyl groups excluding tert-OH is 1. The Morgan fingerprint density at radius 3 is 2.05 bits per heavy atom. The zero-order valence-corrected chi connectivity index (χ0v) is 59.5. The second kappa shape index (κ2) is 32.4. The van der Waals surface area contributed by atoms with Crippen LogP contribution in [0.2, 0.25) is 0 Å². The molecule has 26 heteroatoms. The average molecular weight is 1430 g/mol. The van der Waals surface area contributed by atoms with Crippen molar-refractivity contribution in [2.24, 2.45) is 11.3 Å². The fourth-order valence-corrected chi connectivity index (χ4v) is 13.7. The fraction of sp³-hybridized carbons (Fsp3) is 0.380. The summed E-state index contributed by atoms with van der Waals surface area (Å²) in [6, 6.07) is 32.6. The van der Waals surface area contributed by atoms with E-state index in [1.54, 1.807) is 72.1 Å². The van der Waals surface area contributed by atoms with Gasteiger partial charge < -0.3 is 80.1 Å². The Balaban J connectivity index is 0.591. The van der Waals surface area contributed by atoms with Gasteiger partial charge in [-0.25, -0.2) is 9.69 Å². The van der Waals surface area contributed by atoms with E-state index in [2.05, 4.69) is 43.7 Å². The van der Waals surface area contributed by atoms with Gasteiger partial charge in [0, 0.05) is 61.1 Å². The van der Waals surface area contributed by atoms with Crippen LogP contribution in [0.15, 0.2) is 128 Å². The Kier molecular flexibility index (Phi) is 22.6. The van der Waals surface area contributed by atoms with Crippen LogP contribution in [0.4, 0.5) is 27.5 Å². The number of aliphatic hydroxyl groups is 1. The Bertz CT molecular complexity index is 4430. The van der Waals surface area contributed by atoms with Crippen molar-refractivity contribution in [1.29, 1.82) is 0 Å². The predicted molar refractivity (Wildman–Crippen MR) is 389 cm³/mol. The number of rotatable bonds is 27. The van der Waals surface area contributed by atoms with Gasteiger partial charge in [-0.05, 0) is 140 Å². The summed E-state index contributed by atoms with van der Waals surface area (Å²) >= 11 is 0. The van der Waals surface area contributed by atoms with Crippen molar-refractivity contribution in [2.75, 3.05) is 81.2 Å². The third-order valence-electron chi connectivity index (χ3n) is 19.8. The van der Waals surface area contributed by atoms with Gasteiger partial charge in [-0.15, -0.1) is 0 Å². The number of hydrogen-bond donors (Lipinski definition) is 7. The highest BCUT2D eigenvalue weighted by molar-refractivity contribution is 6.07. The number of unbranched alkanes of at least 4 members (excludes halogenated alkanes) is 2. The summed E-state index contributed by atoms with van der Waals surface area (Å²) in [5, 5.41) is 28.6. The second-order valence-corrected chi connectivity index (χ2v) is 27.4. The van der Waals surface area contributed by atoms with Gasteiger partial charge >= 0.3 is 6.09 Å². The lowest BCUT2D eigenvalue weighted by Gasteiger charge is -2.31. The summed E-state index contributed by atoms with van der Waals surface area (Å²) in [4.78, 5) is 128. The monoisotopic (exact) mass is 1430 g/mol. The van der Waals surface area contributed by atoms with Gasteiger partial charge in [-0.2, -0.15) is 0 Å². The lowest BCUT2D eigenvalue weighted by Crippen LogP contribution is -2.55. The summed E-state index contributed by atoms with van der Waals surface area (Å²) < 4.78 is 35.3. The van der Waals surface area contributed by atoms with Gasteiger partial charge in [0.25, 0.3) is 11.8 Å². The number of benzene rings is 6. The summed E-state index contributed by atoms with van der Waals surface area (Å²) in [5.41, 5.74) is 7.15. The maximum atomic E-state index is 14.5. The van der Waals surface area contributed by atoms with E-state index in [0.717, 1.165) is 45.8 Å². The fourth-order valence-electron chi connectivity index (χ4n) is 13.7. The number of nitrogens with zero attached hydrogens (tertiary/aromatic N) is 4. The minimum atomic E-state index is -1.48. The van der Waals surface area contributed by atoms with E-state index in [-0.39, 0.29) is 84.5 Å². The van der Waals surface area contributed by atoms with E-state index in [1.165, 1.54) is 33.3 Å². The molecule has 0 radical (unpaired) electrons. The van der Waals surface area contributed by atoms with E-state index < -0.39 is 79.0 Å². The standard InChI is InChI=1S/C79H86N10O16/c1-47(2)72(85-70(92)42-82-69(91)41-81-68(90)28-29-71(93)87-43-53-16-9-8-14-50(53)20-21-52-15-10-11-17-61(52)87)74(95)83-48(3)73(94)84-55-24-18-49(19-25-55)45-105-78(99)89-62-38-67(65(102-6)36-59(62)76(97)88-46-79(30-31-79)39-63(88)77(89)98)104-33-13-7-12-32-103-66-37-60-58(35-64(66)101-5)75(96)86-44-54(34-56(86)40-80-60)51-22-26-57(100-4)27-23-51/h8-11,14-19,22-27,35-38,44,47-48,56,63,72,77,80,98H,7,12-13,28-34,39-43,45-46H2,1-6H3,(H,81,90)(H,82,91)(H,83,95)(H,84,94)(H,85,92)/t48-,56?,63-,72-,77-/m0/s1. The largest absolute Gasteiger partial charge is 0.497 e. The van der Waals surface area contributed by atoms with Crippen molar-refractivity contribution < 1.29 is 76.7 Å². The van der Waals surface area contributed by atoms with Crippen LogP contribution in [0.1, 0.15) is 127 Å². The van der Waals surface area contributed by atoms with Crippen LogP contribution in [0.5, 0.6) is 28.7 Å². The molecule has 7 N–H and O–H groups in total. The molecule has 0 aromatic heterocycles. The summed E-state index contributed by atoms with van der Waals surface area (Å²) in [6.07, 6.45) is 4.09. The van der Waals surface area contributed by atoms with Gasteiger partial charge in [0.2, 0.25) is 35.4 Å². The smallest absolute Gasteiger partial charge is 0.416 e. The maximum Gasteiger partial charge on any atom is 0.416 e. The zero-order chi connectivity index (χ0) is 74.1. The van der Waals surface area contributed by atoms with E-state index >= 15 is 0 Å². The molecule has 12 rings (SSSR count). The van der Waals surface area contributed by atoms with E-state index in [9.17, 15) is 48.3 Å². The first-order valence-corrected chi connectivity index (χ1v) is 35.3. The number of hydrogen-bond acceptors (Lipinski definition) is 17. The van der Waals surface area contributed by atoms with E-state index in [4.69, 9.17) is 28.4 Å². The number of carbonyl (C=O) groups excluding carboxylic acids is 9. The Morgan fingerprint density at radius 2 is 1.34 bits per heavy atom. The van der Waals surface area contributed by atoms with E-state index in [1.807, 2.05) is 79.0 Å². The number of amides is 9. The molecular weight excluding hydrogens is 1340 g/mol. The van der Waals surface area contributed by atoms with Crippen molar-refractivity contribution in [2.45, 2.75) is 122 Å². The Hall–Kier alpha value is -11.6. The first kappa shape index (κ1) is 73.2. The molecule has 6 aliphatic rings. The topological polar surface area (TPSA) is 314 Å². The van der Waals surface area contributed by atoms with E-state index in [0.29, 0.717) is 97.1 Å². The van der Waals surface area contributed by atoms with Crippen LogP contribution >= 0.6 is 0 Å². The first-order valence-electron chi connectivity index (χ1n) is 35.3. The Labute approximate surface area is 608 Å². The number of ether oxygens (including phenoxy) is 6. The SMILES string of the molecule is COc1ccc(C2=CN3C(=O)c4cc(OC)c(OCCCCCOc5cc6c(cc5OC)C(=O)N5CC7(CC7)C[C@H]5[C@H](O)N6C(=O)OCc5ccc(NC(=O)[C@H](C)NC(=O)[C@@H](NC(=O)CNC(=O)CNC(=O)CCC(=O)N6Cc7ccccc7C#Cc7ccccc76)C(C)C)cc5)cc4NCC3C2)cc1. The van der Waals surface area contributed by atoms with Crippen molar-refractivity contribution >= 4 is 81.7 Å². The number of methoxy groups -OCH3 is 3. The van der Waals surface area contributed by atoms with Gasteiger partial charge in [0.1, 0.15) is 24.4 Å². The molecule has 6 aromatic carbocycles. The van der Waals surface area contributed by atoms with Crippen LogP contribution in [0.25, 0.3) is 5.57 Å². The first-order chi connectivity index (χ1) is 50.7. The van der Waals surface area contributed by atoms with Crippen LogP contribution in [0, 0.1) is 23.2 Å². The highest BCUT2D eigenvalue weighted by atomic mass is 16.6. The van der Waals surface area contributed by atoms with Gasteiger partial charge in [-0.1, -0.05) is 80.3 Å². The van der Waals surface area contributed by atoms with Crippen molar-refractivity contribution in [1.82, 2.24) is 31.1 Å². The normalized spacial score (nSPS) is 17.6. The lowest BCUT2D eigenvalue weighted by molar-refractivity contribution is -0.132. The molecule has 1 unspecified atom stereocenters. The average Bonchev–Trinajstić information content (AvgIpc) is 1.57. The van der Waals surface area contributed by atoms with Crippen molar-refractivity contribution in [3.63, 3.8) is 0 Å². The highest BCUT2D eigenvalue weighted by Crippen LogP contribution is 2.57. The number of para-hydroxylation sites is 1. The second-order valence-electron chi connectivity index (χ2n) is 27.4. The molecule has 5 heterocycles. The van der Waals surface area contributed by atoms with Crippen LogP contribution < -0.4 is 65.4 Å². The summed E-state index contributed by atoms with van der Waals surface area (Å²) in [7, 11) is 4.62. The lowest BCUT2D eigenvalue weighted by atomic mass is 10.0. The van der Waals surface area contributed by atoms with Gasteiger partial charge in [0.15, 0.2) is 29.2 Å². The minimum Gasteiger partial charge on any atom is -0.497 e. The third kappa shape index (κ3) is 16.9.